The third kappa shape index (κ3) is 4.19. The molecule has 0 fully saturated rings. The quantitative estimate of drug-likeness (QED) is 0.154. The molecule has 0 aliphatic rings. The highest BCUT2D eigenvalue weighted by Crippen LogP contribution is 2.48. The number of carbonyl (C=O) groups is 1. The van der Waals surface area contributed by atoms with Crippen LogP contribution >= 0.6 is 10.5 Å². The molecule has 0 amide bonds. The molecule has 166 valence electrons. The number of esters is 1. The maximum absolute atomic E-state index is 13.9. The predicted octanol–water partition coefficient (Wildman–Crippen LogP) is 7.86. The molecule has 0 aliphatic heterocycles. The van der Waals surface area contributed by atoms with Crippen molar-refractivity contribution >= 4 is 36.6 Å². The van der Waals surface area contributed by atoms with Crippen molar-refractivity contribution in [2.75, 3.05) is 0 Å². The first-order chi connectivity index (χ1) is 16.4. The first-order valence-corrected chi connectivity index (χ1v) is 12.2. The van der Waals surface area contributed by atoms with E-state index in [-0.39, 0.29) is 16.0 Å². The third-order valence-corrected chi connectivity index (χ3v) is 7.85. The maximum Gasteiger partial charge on any atom is 0.339 e. The van der Waals surface area contributed by atoms with Gasteiger partial charge in [-0.05, 0) is 62.4 Å². The lowest BCUT2D eigenvalue weighted by molar-refractivity contribution is 0.0204. The van der Waals surface area contributed by atoms with E-state index in [2.05, 4.69) is 66.4 Å². The second kappa shape index (κ2) is 8.78. The van der Waals surface area contributed by atoms with Crippen LogP contribution in [0, 0.1) is 17.7 Å². The number of benzene rings is 4. The minimum atomic E-state index is -1.08. The summed E-state index contributed by atoms with van der Waals surface area (Å²) in [5.74, 6) is 4.81. The van der Waals surface area contributed by atoms with E-state index in [1.165, 1.54) is 26.2 Å². The van der Waals surface area contributed by atoms with Crippen molar-refractivity contribution in [2.24, 2.45) is 0 Å². The summed E-state index contributed by atoms with van der Waals surface area (Å²) in [6.07, 6.45) is 0. The van der Waals surface area contributed by atoms with Crippen LogP contribution in [0.5, 0.6) is 0 Å². The van der Waals surface area contributed by atoms with E-state index in [9.17, 15) is 9.18 Å². The number of ether oxygens (including phenoxy) is 1. The van der Waals surface area contributed by atoms with Crippen molar-refractivity contribution in [3.63, 3.8) is 0 Å². The Kier molecular flexibility index (Phi) is 5.65. The first-order valence-electron chi connectivity index (χ1n) is 11.0. The second-order valence-corrected chi connectivity index (χ2v) is 10.4. The molecule has 0 spiro atoms. The minimum absolute atomic E-state index is 0.272. The Hall–Kier alpha value is -3.94. The van der Waals surface area contributed by atoms with Gasteiger partial charge in [-0.2, -0.15) is 0 Å². The zero-order chi connectivity index (χ0) is 23.7. The molecule has 0 unspecified atom stereocenters. The predicted molar refractivity (Wildman–Crippen MR) is 138 cm³/mol. The summed E-state index contributed by atoms with van der Waals surface area (Å²) in [4.78, 5) is 14.1. The lowest BCUT2D eigenvalue weighted by Gasteiger charge is -2.18. The number of rotatable bonds is 3. The third-order valence-electron chi connectivity index (χ3n) is 5.53. The smallest absolute Gasteiger partial charge is 0.339 e. The van der Waals surface area contributed by atoms with Crippen LogP contribution in [0.1, 0.15) is 29.8 Å². The average Bonchev–Trinajstić information content (AvgIpc) is 3.18. The zero-order valence-corrected chi connectivity index (χ0v) is 19.7. The van der Waals surface area contributed by atoms with Crippen molar-refractivity contribution < 1.29 is 13.9 Å². The van der Waals surface area contributed by atoms with Crippen LogP contribution in [0.4, 0.5) is 4.39 Å². The van der Waals surface area contributed by atoms with E-state index in [1.54, 1.807) is 38.1 Å². The molecule has 0 saturated heterocycles. The molecule has 0 bridgehead atoms. The topological polar surface area (TPSA) is 26.3 Å². The molecule has 0 radical (unpaired) electrons. The Morgan fingerprint density at radius 3 is 2.12 bits per heavy atom. The number of thiophene rings is 1. The normalized spacial score (nSPS) is 11.3. The van der Waals surface area contributed by atoms with Gasteiger partial charge in [-0.15, -0.1) is 0 Å². The highest BCUT2D eigenvalue weighted by atomic mass is 32.2. The highest BCUT2D eigenvalue weighted by molar-refractivity contribution is 7.50. The molecule has 4 heteroatoms. The fourth-order valence-corrected chi connectivity index (χ4v) is 6.38. The second-order valence-electron chi connectivity index (χ2n) is 8.46. The Bertz CT molecular complexity index is 1550. The van der Waals surface area contributed by atoms with Gasteiger partial charge in [0.1, 0.15) is 5.82 Å². The summed E-state index contributed by atoms with van der Waals surface area (Å²) < 4.78 is 22.1. The summed E-state index contributed by atoms with van der Waals surface area (Å²) in [6, 6.07) is 30.7. The molecule has 0 N–H and O–H groups in total. The van der Waals surface area contributed by atoms with Crippen molar-refractivity contribution in [3.8, 4) is 16.7 Å². The van der Waals surface area contributed by atoms with Crippen molar-refractivity contribution in [1.29, 1.82) is 0 Å². The first kappa shape index (κ1) is 21.9. The van der Waals surface area contributed by atoms with Crippen LogP contribution in [-0.2, 0) is 4.74 Å². The molecular formula is C30H22FO2S+. The van der Waals surface area contributed by atoms with Gasteiger partial charge in [0, 0.05) is 27.3 Å². The van der Waals surface area contributed by atoms with E-state index < -0.39 is 17.4 Å². The number of hydrogen-bond acceptors (Lipinski definition) is 2. The molecule has 2 nitrogen and oxygen atoms in total. The monoisotopic (exact) mass is 465 g/mol. The van der Waals surface area contributed by atoms with Crippen LogP contribution in [0.15, 0.2) is 97.1 Å². The Morgan fingerprint density at radius 2 is 1.44 bits per heavy atom. The van der Waals surface area contributed by atoms with Gasteiger partial charge in [-0.1, -0.05) is 54.3 Å². The van der Waals surface area contributed by atoms with Crippen molar-refractivity contribution in [2.45, 2.75) is 19.4 Å². The van der Waals surface area contributed by atoms with E-state index in [0.717, 1.165) is 4.90 Å². The molecule has 0 aliphatic carbocycles. The van der Waals surface area contributed by atoms with Crippen LogP contribution in [0.25, 0.3) is 25.1 Å². The van der Waals surface area contributed by atoms with Crippen LogP contribution in [0.3, 0.4) is 0 Å². The lowest BCUT2D eigenvalue weighted by atomic mass is 10.1. The number of hydrogen-bond donors (Lipinski definition) is 0. The number of carbonyl (C=O) groups excluding carboxylic acids is 1. The molecular weight excluding hydrogens is 443 g/mol. The van der Waals surface area contributed by atoms with E-state index >= 15 is 0 Å². The van der Waals surface area contributed by atoms with Gasteiger partial charge < -0.3 is 4.74 Å². The van der Waals surface area contributed by atoms with Gasteiger partial charge in [0.25, 0.3) is 0 Å². The summed E-state index contributed by atoms with van der Waals surface area (Å²) in [6.45, 7) is 3.40. The Labute approximate surface area is 200 Å². The molecule has 34 heavy (non-hydrogen) atoms. The highest BCUT2D eigenvalue weighted by Gasteiger charge is 2.26. The van der Waals surface area contributed by atoms with Crippen LogP contribution in [0.2, 0.25) is 0 Å². The number of halogens is 1. The molecule has 5 aromatic rings. The van der Waals surface area contributed by atoms with Crippen molar-refractivity contribution in [3.05, 3.63) is 114 Å². The molecule has 4 aromatic carbocycles. The summed E-state index contributed by atoms with van der Waals surface area (Å²) >= 11 is 0. The van der Waals surface area contributed by atoms with E-state index in [1.807, 2.05) is 12.1 Å². The van der Waals surface area contributed by atoms with Crippen LogP contribution < -0.4 is 0 Å². The fraction of sp³-hybridized carbons (Fsp3) is 0.100. The van der Waals surface area contributed by atoms with Gasteiger partial charge in [-0.25, -0.2) is 9.18 Å². The van der Waals surface area contributed by atoms with E-state index in [0.29, 0.717) is 5.56 Å². The van der Waals surface area contributed by atoms with E-state index in [4.69, 9.17) is 4.74 Å². The average molecular weight is 466 g/mol. The van der Waals surface area contributed by atoms with Crippen molar-refractivity contribution in [1.82, 2.24) is 0 Å². The summed E-state index contributed by atoms with van der Waals surface area (Å²) in [5.41, 5.74) is -0.342. The Morgan fingerprint density at radius 1 is 0.824 bits per heavy atom. The zero-order valence-electron chi connectivity index (χ0n) is 18.8. The number of fused-ring (bicyclic) bond motifs is 3. The van der Waals surface area contributed by atoms with Gasteiger partial charge in [0.15, 0.2) is 19.9 Å². The standard InChI is InChI=1S/C30H22FO2S/c1-30(2,19-18-21-10-3-6-15-26(21)31)33-29(32)22-11-9-12-23(20-22)34-27-16-7-4-13-24(27)25-14-5-8-17-28(25)34/h3-17,20H,1-2H3/q+1. The SMILES string of the molecule is CC(C)(C#Cc1ccccc1F)OC(=O)c1cccc(-[s+]2c3ccccc3c3ccccc32)c1. The van der Waals surface area contributed by atoms with Gasteiger partial charge in [-0.3, -0.25) is 0 Å². The molecule has 5 rings (SSSR count). The minimum Gasteiger partial charge on any atom is -0.443 e. The Balaban J connectivity index is 1.48. The lowest BCUT2D eigenvalue weighted by Crippen LogP contribution is -2.26. The fourth-order valence-electron chi connectivity index (χ4n) is 3.95. The van der Waals surface area contributed by atoms with Gasteiger partial charge >= 0.3 is 5.97 Å². The summed E-state index contributed by atoms with van der Waals surface area (Å²) in [7, 11) is -0.299. The largest absolute Gasteiger partial charge is 0.443 e. The summed E-state index contributed by atoms with van der Waals surface area (Å²) in [5, 5.41) is 2.47. The van der Waals surface area contributed by atoms with Crippen LogP contribution in [-0.4, -0.2) is 11.6 Å². The molecule has 0 saturated carbocycles. The maximum atomic E-state index is 13.9. The molecule has 0 atom stereocenters. The van der Waals surface area contributed by atoms with Gasteiger partial charge in [0.05, 0.1) is 11.1 Å². The van der Waals surface area contributed by atoms with Gasteiger partial charge in [0.2, 0.25) is 0 Å². The molecule has 1 heterocycles. The molecule has 1 aromatic heterocycles.